The van der Waals surface area contributed by atoms with Gasteiger partial charge in [-0.1, -0.05) is 0 Å². The number of aliphatic hydroxyl groups excluding tert-OH is 1. The fourth-order valence-corrected chi connectivity index (χ4v) is 6.12. The third-order valence-corrected chi connectivity index (χ3v) is 6.96. The van der Waals surface area contributed by atoms with E-state index < -0.39 is 0 Å². The first-order valence-corrected chi connectivity index (χ1v) is 8.98. The summed E-state index contributed by atoms with van der Waals surface area (Å²) in [7, 11) is 0. The molecule has 0 atom stereocenters. The van der Waals surface area contributed by atoms with Crippen LogP contribution >= 0.6 is 0 Å². The summed E-state index contributed by atoms with van der Waals surface area (Å²) in [5.74, 6) is 3.05. The molecule has 0 spiro atoms. The Morgan fingerprint density at radius 3 is 2.10 bits per heavy atom. The van der Waals surface area contributed by atoms with Crippen molar-refractivity contribution >= 4 is 5.91 Å². The van der Waals surface area contributed by atoms with Crippen LogP contribution in [0.1, 0.15) is 64.2 Å². The molecule has 4 bridgehead atoms. The summed E-state index contributed by atoms with van der Waals surface area (Å²) in [6.45, 7) is 1.05. The third kappa shape index (κ3) is 2.74. The summed E-state index contributed by atoms with van der Waals surface area (Å²) in [6.07, 6.45) is 12.2. The highest BCUT2D eigenvalue weighted by atomic mass is 16.3. The lowest BCUT2D eigenvalue weighted by atomic mass is 9.49. The van der Waals surface area contributed by atoms with Crippen LogP contribution in [0.3, 0.4) is 0 Å². The summed E-state index contributed by atoms with van der Waals surface area (Å²) in [5, 5.41) is 12.3. The average molecular weight is 291 g/mol. The number of rotatable bonds is 6. The van der Waals surface area contributed by atoms with Gasteiger partial charge >= 0.3 is 0 Å². The molecule has 0 radical (unpaired) electrons. The Hall–Kier alpha value is -0.570. The summed E-state index contributed by atoms with van der Waals surface area (Å²) < 4.78 is 0. The Kier molecular flexibility index (Phi) is 3.33. The molecular formula is C18H29NO2. The zero-order valence-electron chi connectivity index (χ0n) is 13.1. The van der Waals surface area contributed by atoms with Gasteiger partial charge in [-0.15, -0.1) is 0 Å². The summed E-state index contributed by atoms with van der Waals surface area (Å²) >= 11 is 0. The number of nitrogens with one attached hydrogen (secondary N) is 1. The number of carbonyl (C=O) groups excluding carboxylic acids is 1. The van der Waals surface area contributed by atoms with E-state index in [-0.39, 0.29) is 17.9 Å². The highest BCUT2D eigenvalue weighted by Crippen LogP contribution is 2.61. The number of hydrogen-bond donors (Lipinski definition) is 2. The van der Waals surface area contributed by atoms with Crippen LogP contribution in [0.15, 0.2) is 0 Å². The Balaban J connectivity index is 1.32. The molecule has 1 amide bonds. The van der Waals surface area contributed by atoms with Gasteiger partial charge in [-0.3, -0.25) is 4.79 Å². The highest BCUT2D eigenvalue weighted by Gasteiger charge is 2.51. The fourth-order valence-electron chi connectivity index (χ4n) is 6.12. The minimum Gasteiger partial charge on any atom is -0.396 e. The average Bonchev–Trinajstić information content (AvgIpc) is 3.15. The maximum absolute atomic E-state index is 12.4. The van der Waals surface area contributed by atoms with Crippen LogP contribution in [0.5, 0.6) is 0 Å². The monoisotopic (exact) mass is 291 g/mol. The van der Waals surface area contributed by atoms with E-state index in [0.29, 0.717) is 5.41 Å². The smallest absolute Gasteiger partial charge is 0.220 e. The van der Waals surface area contributed by atoms with Gasteiger partial charge < -0.3 is 10.4 Å². The summed E-state index contributed by atoms with van der Waals surface area (Å²) in [4.78, 5) is 12.4. The van der Waals surface area contributed by atoms with Crippen molar-refractivity contribution in [3.63, 3.8) is 0 Å². The molecule has 5 rings (SSSR count). The van der Waals surface area contributed by atoms with E-state index in [1.807, 2.05) is 0 Å². The molecule has 3 nitrogen and oxygen atoms in total. The minimum atomic E-state index is 0.242. The Labute approximate surface area is 127 Å². The van der Waals surface area contributed by atoms with Crippen LogP contribution in [0, 0.1) is 28.6 Å². The molecule has 3 heteroatoms. The molecule has 0 aromatic rings. The molecule has 0 aliphatic heterocycles. The van der Waals surface area contributed by atoms with Crippen molar-refractivity contribution in [2.45, 2.75) is 64.2 Å². The maximum Gasteiger partial charge on any atom is 0.220 e. The van der Waals surface area contributed by atoms with Crippen LogP contribution in [-0.4, -0.2) is 24.2 Å². The van der Waals surface area contributed by atoms with Crippen molar-refractivity contribution in [2.24, 2.45) is 28.6 Å². The largest absolute Gasteiger partial charge is 0.396 e. The van der Waals surface area contributed by atoms with Crippen LogP contribution in [-0.2, 0) is 4.79 Å². The first kappa shape index (κ1) is 14.0. The number of aliphatic hydroxyl groups is 1. The molecule has 5 saturated carbocycles. The summed E-state index contributed by atoms with van der Waals surface area (Å²) in [6, 6.07) is 0. The fraction of sp³-hybridized carbons (Fsp3) is 0.944. The predicted molar refractivity (Wildman–Crippen MR) is 81.6 cm³/mol. The lowest BCUT2D eigenvalue weighted by molar-refractivity contribution is -0.129. The van der Waals surface area contributed by atoms with E-state index in [0.717, 1.165) is 37.1 Å². The van der Waals surface area contributed by atoms with E-state index in [1.165, 1.54) is 51.4 Å². The normalized spacial score (nSPS) is 42.0. The van der Waals surface area contributed by atoms with Crippen molar-refractivity contribution in [3.05, 3.63) is 0 Å². The number of hydrogen-bond acceptors (Lipinski definition) is 2. The van der Waals surface area contributed by atoms with Crippen LogP contribution in [0.4, 0.5) is 0 Å². The second kappa shape index (κ2) is 4.97. The van der Waals surface area contributed by atoms with Gasteiger partial charge in [0.1, 0.15) is 0 Å². The molecule has 0 aromatic carbocycles. The van der Waals surface area contributed by atoms with Gasteiger partial charge in [-0.05, 0) is 86.4 Å². The molecule has 5 aliphatic rings. The van der Waals surface area contributed by atoms with Gasteiger partial charge in [0.2, 0.25) is 5.91 Å². The van der Waals surface area contributed by atoms with Crippen LogP contribution in [0.2, 0.25) is 0 Å². The van der Waals surface area contributed by atoms with Gasteiger partial charge in [0.25, 0.3) is 0 Å². The van der Waals surface area contributed by atoms with Crippen molar-refractivity contribution in [2.75, 3.05) is 13.2 Å². The molecular weight excluding hydrogens is 262 g/mol. The predicted octanol–water partition coefficient (Wildman–Crippen LogP) is 2.87. The van der Waals surface area contributed by atoms with Crippen LogP contribution in [0.25, 0.3) is 0 Å². The zero-order valence-corrected chi connectivity index (χ0v) is 13.1. The molecule has 0 saturated heterocycles. The highest BCUT2D eigenvalue weighted by molar-refractivity contribution is 5.76. The van der Waals surface area contributed by atoms with Crippen molar-refractivity contribution in [3.8, 4) is 0 Å². The van der Waals surface area contributed by atoms with Gasteiger partial charge in [-0.25, -0.2) is 0 Å². The second-order valence-electron chi connectivity index (χ2n) is 8.84. The molecule has 0 aromatic heterocycles. The van der Waals surface area contributed by atoms with E-state index in [2.05, 4.69) is 5.32 Å². The van der Waals surface area contributed by atoms with E-state index in [1.54, 1.807) is 0 Å². The Morgan fingerprint density at radius 1 is 1.05 bits per heavy atom. The third-order valence-electron chi connectivity index (χ3n) is 6.96. The quantitative estimate of drug-likeness (QED) is 0.790. The van der Waals surface area contributed by atoms with E-state index in [4.69, 9.17) is 5.11 Å². The molecule has 21 heavy (non-hydrogen) atoms. The van der Waals surface area contributed by atoms with Crippen LogP contribution < -0.4 is 5.32 Å². The van der Waals surface area contributed by atoms with Gasteiger partial charge in [0.05, 0.1) is 0 Å². The van der Waals surface area contributed by atoms with E-state index in [9.17, 15) is 4.79 Å². The lowest BCUT2D eigenvalue weighted by Crippen LogP contribution is -2.48. The second-order valence-corrected chi connectivity index (χ2v) is 8.84. The molecule has 5 aliphatic carbocycles. The van der Waals surface area contributed by atoms with Gasteiger partial charge in [0, 0.05) is 19.6 Å². The topological polar surface area (TPSA) is 49.3 Å². The zero-order chi connectivity index (χ0) is 14.5. The van der Waals surface area contributed by atoms with E-state index >= 15 is 0 Å². The summed E-state index contributed by atoms with van der Waals surface area (Å²) in [5.41, 5.74) is 0.596. The van der Waals surface area contributed by atoms with Crippen molar-refractivity contribution in [1.29, 1.82) is 0 Å². The molecule has 5 fully saturated rings. The van der Waals surface area contributed by atoms with Crippen molar-refractivity contribution in [1.82, 2.24) is 5.32 Å². The van der Waals surface area contributed by atoms with Gasteiger partial charge in [0.15, 0.2) is 0 Å². The first-order valence-electron chi connectivity index (χ1n) is 8.98. The Bertz CT molecular complexity index is 392. The lowest BCUT2D eigenvalue weighted by Gasteiger charge is -2.56. The number of amides is 1. The molecule has 2 N–H and O–H groups in total. The Morgan fingerprint density at radius 2 is 1.62 bits per heavy atom. The first-order chi connectivity index (χ1) is 10.1. The van der Waals surface area contributed by atoms with Crippen molar-refractivity contribution < 1.29 is 9.90 Å². The standard InChI is InChI=1S/C18H29NO2/c20-4-3-17(1-2-17)12-19-16(21)11-18-8-13-5-14(9-18)7-15(6-13)10-18/h13-15,20H,1-12H2,(H,19,21). The minimum absolute atomic E-state index is 0.242. The number of carbonyl (C=O) groups is 1. The van der Waals surface area contributed by atoms with Gasteiger partial charge in [-0.2, -0.15) is 0 Å². The molecule has 0 heterocycles. The molecule has 118 valence electrons. The maximum atomic E-state index is 12.4. The SMILES string of the molecule is O=C(CC12CC3CC(CC(C3)C1)C2)NCC1(CCO)CC1. The molecule has 0 unspecified atom stereocenters.